The van der Waals surface area contributed by atoms with Crippen molar-refractivity contribution in [2.45, 2.75) is 57.6 Å². The van der Waals surface area contributed by atoms with Gasteiger partial charge < -0.3 is 4.74 Å². The predicted octanol–water partition coefficient (Wildman–Crippen LogP) is 2.13. The predicted molar refractivity (Wildman–Crippen MR) is 63.4 cm³/mol. The summed E-state index contributed by atoms with van der Waals surface area (Å²) in [7, 11) is 1.73. The summed E-state index contributed by atoms with van der Waals surface area (Å²) in [6, 6.07) is 0.174. The first-order valence-electron chi connectivity index (χ1n) is 5.97. The number of ether oxygens (including phenoxy) is 1. The molecule has 1 aliphatic rings. The molecule has 0 aromatic heterocycles. The van der Waals surface area contributed by atoms with E-state index in [9.17, 15) is 0 Å². The zero-order valence-electron chi connectivity index (χ0n) is 9.96. The van der Waals surface area contributed by atoms with Crippen molar-refractivity contribution in [3.8, 4) is 0 Å². The molecule has 88 valence electrons. The Morgan fingerprint density at radius 2 is 2.07 bits per heavy atom. The molecule has 2 unspecified atom stereocenters. The molecule has 0 aromatic rings. The number of allylic oxidation sites excluding steroid dienone is 1. The van der Waals surface area contributed by atoms with Gasteiger partial charge in [0.25, 0.3) is 0 Å². The maximum atomic E-state index is 5.60. The van der Waals surface area contributed by atoms with Gasteiger partial charge >= 0.3 is 0 Å². The summed E-state index contributed by atoms with van der Waals surface area (Å²) >= 11 is 0. The van der Waals surface area contributed by atoms with E-state index in [2.05, 4.69) is 18.4 Å². The molecule has 0 bridgehead atoms. The third kappa shape index (κ3) is 3.93. The van der Waals surface area contributed by atoms with Crippen LogP contribution in [0.2, 0.25) is 0 Å². The fourth-order valence-electron chi connectivity index (χ4n) is 2.18. The monoisotopic (exact) mass is 212 g/mol. The van der Waals surface area contributed by atoms with Gasteiger partial charge in [0.05, 0.1) is 12.1 Å². The molecule has 0 spiro atoms. The Morgan fingerprint density at radius 1 is 1.33 bits per heavy atom. The molecule has 0 amide bonds. The second-order valence-electron chi connectivity index (χ2n) is 4.32. The minimum absolute atomic E-state index is 0.140. The highest BCUT2D eigenvalue weighted by atomic mass is 16.5. The molecular formula is C12H24N2O. The van der Waals surface area contributed by atoms with E-state index in [0.29, 0.717) is 0 Å². The van der Waals surface area contributed by atoms with E-state index in [1.54, 1.807) is 7.11 Å². The molecule has 0 aliphatic heterocycles. The highest BCUT2D eigenvalue weighted by Crippen LogP contribution is 2.21. The highest BCUT2D eigenvalue weighted by Gasteiger charge is 2.19. The largest absolute Gasteiger partial charge is 0.380 e. The van der Waals surface area contributed by atoms with Gasteiger partial charge in [0.15, 0.2) is 0 Å². The van der Waals surface area contributed by atoms with Crippen molar-refractivity contribution in [3.05, 3.63) is 11.6 Å². The Labute approximate surface area is 93.0 Å². The molecule has 1 aliphatic carbocycles. The molecule has 3 N–H and O–H groups in total. The van der Waals surface area contributed by atoms with E-state index in [-0.39, 0.29) is 12.1 Å². The highest BCUT2D eigenvalue weighted by molar-refractivity contribution is 5.13. The molecule has 15 heavy (non-hydrogen) atoms. The first-order chi connectivity index (χ1) is 7.29. The van der Waals surface area contributed by atoms with Crippen LogP contribution in [0.5, 0.6) is 0 Å². The van der Waals surface area contributed by atoms with Gasteiger partial charge in [-0.3, -0.25) is 11.3 Å². The van der Waals surface area contributed by atoms with Gasteiger partial charge in [-0.15, -0.1) is 0 Å². The van der Waals surface area contributed by atoms with E-state index in [4.69, 9.17) is 10.6 Å². The lowest BCUT2D eigenvalue weighted by Crippen LogP contribution is -2.45. The molecular weight excluding hydrogens is 188 g/mol. The number of methoxy groups -OCH3 is 1. The van der Waals surface area contributed by atoms with Crippen molar-refractivity contribution in [2.75, 3.05) is 7.11 Å². The molecule has 0 heterocycles. The van der Waals surface area contributed by atoms with E-state index in [1.807, 2.05) is 0 Å². The second kappa shape index (κ2) is 6.99. The molecule has 0 saturated heterocycles. The number of nitrogens with one attached hydrogen (secondary N) is 1. The third-order valence-electron chi connectivity index (χ3n) is 3.25. The minimum Gasteiger partial charge on any atom is -0.380 e. The molecule has 0 saturated carbocycles. The minimum atomic E-state index is 0.140. The first-order valence-corrected chi connectivity index (χ1v) is 5.97. The average Bonchev–Trinajstić information content (AvgIpc) is 2.21. The summed E-state index contributed by atoms with van der Waals surface area (Å²) in [5.41, 5.74) is 4.30. The molecule has 0 aromatic carbocycles. The Morgan fingerprint density at radius 3 is 2.73 bits per heavy atom. The number of hydrogen-bond donors (Lipinski definition) is 2. The molecule has 3 heteroatoms. The van der Waals surface area contributed by atoms with Gasteiger partial charge in [-0.1, -0.05) is 24.5 Å². The van der Waals surface area contributed by atoms with Crippen LogP contribution in [0, 0.1) is 0 Å². The van der Waals surface area contributed by atoms with Crippen LogP contribution in [-0.4, -0.2) is 19.3 Å². The SMILES string of the molecule is COC(C)C(NN)C1=CCCCCCC1. The first kappa shape index (κ1) is 12.7. The fraction of sp³-hybridized carbons (Fsp3) is 0.833. The third-order valence-corrected chi connectivity index (χ3v) is 3.25. The van der Waals surface area contributed by atoms with Crippen molar-refractivity contribution in [2.24, 2.45) is 5.84 Å². The van der Waals surface area contributed by atoms with Gasteiger partial charge in [-0.25, -0.2) is 0 Å². The van der Waals surface area contributed by atoms with Gasteiger partial charge in [-0.2, -0.15) is 0 Å². The number of nitrogens with two attached hydrogens (primary N) is 1. The molecule has 2 atom stereocenters. The molecule has 3 nitrogen and oxygen atoms in total. The summed E-state index contributed by atoms with van der Waals surface area (Å²) in [6.45, 7) is 2.06. The maximum absolute atomic E-state index is 5.60. The van der Waals surface area contributed by atoms with Crippen LogP contribution in [0.25, 0.3) is 0 Å². The summed E-state index contributed by atoms with van der Waals surface area (Å²) < 4.78 is 5.35. The lowest BCUT2D eigenvalue weighted by Gasteiger charge is -2.26. The Bertz CT molecular complexity index is 204. The summed E-state index contributed by atoms with van der Waals surface area (Å²) in [5.74, 6) is 5.60. The zero-order valence-corrected chi connectivity index (χ0v) is 9.96. The van der Waals surface area contributed by atoms with E-state index >= 15 is 0 Å². The van der Waals surface area contributed by atoms with Crippen molar-refractivity contribution >= 4 is 0 Å². The second-order valence-corrected chi connectivity index (χ2v) is 4.32. The Balaban J connectivity index is 2.62. The normalized spacial score (nSPS) is 22.5. The van der Waals surface area contributed by atoms with Crippen LogP contribution in [0.3, 0.4) is 0 Å². The number of hydrogen-bond acceptors (Lipinski definition) is 3. The van der Waals surface area contributed by atoms with Gasteiger partial charge in [0, 0.05) is 7.11 Å². The van der Waals surface area contributed by atoms with Crippen molar-refractivity contribution in [3.63, 3.8) is 0 Å². The topological polar surface area (TPSA) is 47.3 Å². The Hall–Kier alpha value is -0.380. The average molecular weight is 212 g/mol. The van der Waals surface area contributed by atoms with Crippen molar-refractivity contribution < 1.29 is 4.74 Å². The van der Waals surface area contributed by atoms with E-state index in [1.165, 1.54) is 37.7 Å². The zero-order chi connectivity index (χ0) is 11.1. The number of hydrazine groups is 1. The standard InChI is InChI=1S/C12H24N2O/c1-10(15-2)12(14-13)11-8-6-4-3-5-7-9-11/h8,10,12,14H,3-7,9,13H2,1-2H3. The van der Waals surface area contributed by atoms with Crippen molar-refractivity contribution in [1.29, 1.82) is 0 Å². The van der Waals surface area contributed by atoms with Crippen LogP contribution < -0.4 is 11.3 Å². The fourth-order valence-corrected chi connectivity index (χ4v) is 2.18. The Kier molecular flexibility index (Phi) is 5.91. The number of rotatable bonds is 4. The molecule has 1 rings (SSSR count). The van der Waals surface area contributed by atoms with Gasteiger partial charge in [0.2, 0.25) is 0 Å². The summed E-state index contributed by atoms with van der Waals surface area (Å²) in [6.07, 6.45) is 10.1. The van der Waals surface area contributed by atoms with Crippen LogP contribution in [-0.2, 0) is 4.74 Å². The lowest BCUT2D eigenvalue weighted by molar-refractivity contribution is 0.0926. The molecule has 0 fully saturated rings. The van der Waals surface area contributed by atoms with Crippen LogP contribution in [0.4, 0.5) is 0 Å². The van der Waals surface area contributed by atoms with Gasteiger partial charge in [0.1, 0.15) is 0 Å². The van der Waals surface area contributed by atoms with E-state index < -0.39 is 0 Å². The van der Waals surface area contributed by atoms with E-state index in [0.717, 1.165) is 6.42 Å². The summed E-state index contributed by atoms with van der Waals surface area (Å²) in [5, 5.41) is 0. The quantitative estimate of drug-likeness (QED) is 0.426. The lowest BCUT2D eigenvalue weighted by atomic mass is 9.93. The van der Waals surface area contributed by atoms with Crippen LogP contribution in [0.15, 0.2) is 11.6 Å². The smallest absolute Gasteiger partial charge is 0.0747 e. The van der Waals surface area contributed by atoms with Crippen LogP contribution in [0.1, 0.15) is 45.4 Å². The van der Waals surface area contributed by atoms with Gasteiger partial charge in [-0.05, 0) is 32.6 Å². The summed E-state index contributed by atoms with van der Waals surface area (Å²) in [4.78, 5) is 0. The van der Waals surface area contributed by atoms with Crippen LogP contribution >= 0.6 is 0 Å². The maximum Gasteiger partial charge on any atom is 0.0747 e. The molecule has 0 radical (unpaired) electrons. The van der Waals surface area contributed by atoms with Crippen molar-refractivity contribution in [1.82, 2.24) is 5.43 Å².